The lowest BCUT2D eigenvalue weighted by Gasteiger charge is -2.06. The first-order chi connectivity index (χ1) is 9.20. The zero-order valence-electron chi connectivity index (χ0n) is 10.1. The summed E-state index contributed by atoms with van der Waals surface area (Å²) in [5, 5.41) is 11.6. The molecule has 1 amide bonds. The molecule has 1 aromatic carbocycles. The molecule has 98 valence electrons. The highest BCUT2D eigenvalue weighted by Crippen LogP contribution is 2.16. The second kappa shape index (κ2) is 6.45. The number of nitrogens with one attached hydrogen (secondary N) is 1. The molecule has 0 spiro atoms. The van der Waals surface area contributed by atoms with Gasteiger partial charge in [0.25, 0.3) is 5.91 Å². The van der Waals surface area contributed by atoms with E-state index in [1.165, 1.54) is 0 Å². The SMILES string of the molecule is O=C(Nc1ccc(CCO)cc1)c1ncccc1Br. The maximum absolute atomic E-state index is 12.0. The van der Waals surface area contributed by atoms with Gasteiger partial charge in [0.2, 0.25) is 0 Å². The number of aromatic nitrogens is 1. The van der Waals surface area contributed by atoms with Crippen molar-refractivity contribution in [2.45, 2.75) is 6.42 Å². The molecule has 0 bridgehead atoms. The minimum atomic E-state index is -0.262. The zero-order chi connectivity index (χ0) is 13.7. The van der Waals surface area contributed by atoms with E-state index in [9.17, 15) is 4.79 Å². The lowest BCUT2D eigenvalue weighted by Crippen LogP contribution is -2.14. The summed E-state index contributed by atoms with van der Waals surface area (Å²) in [4.78, 5) is 16.0. The molecule has 0 atom stereocenters. The Bertz CT molecular complexity index is 570. The van der Waals surface area contributed by atoms with Crippen LogP contribution in [0.5, 0.6) is 0 Å². The summed E-state index contributed by atoms with van der Waals surface area (Å²) in [5.41, 5.74) is 2.07. The minimum Gasteiger partial charge on any atom is -0.396 e. The number of carbonyl (C=O) groups excluding carboxylic acids is 1. The highest BCUT2D eigenvalue weighted by molar-refractivity contribution is 9.10. The number of aliphatic hydroxyl groups excluding tert-OH is 1. The third kappa shape index (κ3) is 3.62. The molecule has 0 aliphatic carbocycles. The standard InChI is InChI=1S/C14H13BrN2O2/c15-12-2-1-8-16-13(12)14(19)17-11-5-3-10(4-6-11)7-9-18/h1-6,8,18H,7,9H2,(H,17,19). The monoisotopic (exact) mass is 320 g/mol. The van der Waals surface area contributed by atoms with Gasteiger partial charge < -0.3 is 10.4 Å². The zero-order valence-corrected chi connectivity index (χ0v) is 11.7. The molecule has 0 aliphatic rings. The van der Waals surface area contributed by atoms with Crippen molar-refractivity contribution in [1.29, 1.82) is 0 Å². The fraction of sp³-hybridized carbons (Fsp3) is 0.143. The molecule has 1 heterocycles. The van der Waals surface area contributed by atoms with Crippen molar-refractivity contribution in [3.05, 3.63) is 58.3 Å². The van der Waals surface area contributed by atoms with Gasteiger partial charge in [-0.25, -0.2) is 4.98 Å². The molecule has 5 heteroatoms. The molecule has 19 heavy (non-hydrogen) atoms. The summed E-state index contributed by atoms with van der Waals surface area (Å²) in [6, 6.07) is 10.9. The molecule has 4 nitrogen and oxygen atoms in total. The third-order valence-electron chi connectivity index (χ3n) is 2.59. The van der Waals surface area contributed by atoms with E-state index in [2.05, 4.69) is 26.2 Å². The highest BCUT2D eigenvalue weighted by atomic mass is 79.9. The number of pyridine rings is 1. The van der Waals surface area contributed by atoms with Crippen LogP contribution in [0, 0.1) is 0 Å². The lowest BCUT2D eigenvalue weighted by atomic mass is 10.1. The van der Waals surface area contributed by atoms with Crippen LogP contribution in [-0.2, 0) is 6.42 Å². The average molecular weight is 321 g/mol. The Hall–Kier alpha value is -1.72. The van der Waals surface area contributed by atoms with Gasteiger partial charge in [-0.15, -0.1) is 0 Å². The molecule has 0 aliphatic heterocycles. The van der Waals surface area contributed by atoms with Gasteiger partial charge in [-0.1, -0.05) is 12.1 Å². The van der Waals surface area contributed by atoms with Crippen LogP contribution >= 0.6 is 15.9 Å². The Labute approximate surface area is 119 Å². The van der Waals surface area contributed by atoms with Crippen LogP contribution in [-0.4, -0.2) is 22.6 Å². The summed E-state index contributed by atoms with van der Waals surface area (Å²) < 4.78 is 0.657. The van der Waals surface area contributed by atoms with E-state index in [1.54, 1.807) is 30.5 Å². The first kappa shape index (κ1) is 13.7. The van der Waals surface area contributed by atoms with Crippen molar-refractivity contribution < 1.29 is 9.90 Å². The van der Waals surface area contributed by atoms with Crippen molar-refractivity contribution >= 4 is 27.5 Å². The van der Waals surface area contributed by atoms with Gasteiger partial charge in [0.15, 0.2) is 0 Å². The Morgan fingerprint density at radius 2 is 2.00 bits per heavy atom. The number of benzene rings is 1. The topological polar surface area (TPSA) is 62.2 Å². The molecule has 0 unspecified atom stereocenters. The Morgan fingerprint density at radius 3 is 2.63 bits per heavy atom. The van der Waals surface area contributed by atoms with Gasteiger partial charge in [-0.05, 0) is 52.2 Å². The maximum Gasteiger partial charge on any atom is 0.275 e. The Morgan fingerprint density at radius 1 is 1.26 bits per heavy atom. The second-order valence-electron chi connectivity index (χ2n) is 3.96. The number of rotatable bonds is 4. The molecular weight excluding hydrogens is 308 g/mol. The van der Waals surface area contributed by atoms with Crippen LogP contribution in [0.4, 0.5) is 5.69 Å². The van der Waals surface area contributed by atoms with Gasteiger partial charge in [0.1, 0.15) is 5.69 Å². The number of carbonyl (C=O) groups is 1. The van der Waals surface area contributed by atoms with Crippen molar-refractivity contribution in [1.82, 2.24) is 4.98 Å². The molecular formula is C14H13BrN2O2. The van der Waals surface area contributed by atoms with Crippen LogP contribution in [0.25, 0.3) is 0 Å². The molecule has 1 aromatic heterocycles. The predicted molar refractivity (Wildman–Crippen MR) is 77.1 cm³/mol. The number of amides is 1. The molecule has 0 saturated heterocycles. The number of hydrogen-bond acceptors (Lipinski definition) is 3. The number of nitrogens with zero attached hydrogens (tertiary/aromatic N) is 1. The highest BCUT2D eigenvalue weighted by Gasteiger charge is 2.10. The Kier molecular flexibility index (Phi) is 4.65. The van der Waals surface area contributed by atoms with E-state index in [4.69, 9.17) is 5.11 Å². The van der Waals surface area contributed by atoms with E-state index in [-0.39, 0.29) is 12.5 Å². The summed E-state index contributed by atoms with van der Waals surface area (Å²) >= 11 is 3.29. The second-order valence-corrected chi connectivity index (χ2v) is 4.81. The number of anilines is 1. The van der Waals surface area contributed by atoms with Crippen molar-refractivity contribution in [2.24, 2.45) is 0 Å². The van der Waals surface area contributed by atoms with Crippen LogP contribution < -0.4 is 5.32 Å². The molecule has 0 saturated carbocycles. The number of halogens is 1. The summed E-state index contributed by atoms with van der Waals surface area (Å²) in [7, 11) is 0. The van der Waals surface area contributed by atoms with Crippen LogP contribution in [0.1, 0.15) is 16.1 Å². The van der Waals surface area contributed by atoms with E-state index >= 15 is 0 Å². The maximum atomic E-state index is 12.0. The van der Waals surface area contributed by atoms with Crippen LogP contribution in [0.2, 0.25) is 0 Å². The minimum absolute atomic E-state index is 0.118. The molecule has 0 radical (unpaired) electrons. The summed E-state index contributed by atoms with van der Waals surface area (Å²) in [6.45, 7) is 0.118. The smallest absolute Gasteiger partial charge is 0.275 e. The van der Waals surface area contributed by atoms with E-state index in [1.807, 2.05) is 12.1 Å². The van der Waals surface area contributed by atoms with Crippen molar-refractivity contribution in [3.8, 4) is 0 Å². The quantitative estimate of drug-likeness (QED) is 0.910. The molecule has 0 fully saturated rings. The first-order valence-corrected chi connectivity index (χ1v) is 6.61. The van der Waals surface area contributed by atoms with Gasteiger partial charge in [0, 0.05) is 23.0 Å². The first-order valence-electron chi connectivity index (χ1n) is 5.82. The Balaban J connectivity index is 2.09. The summed E-state index contributed by atoms with van der Waals surface area (Å²) in [6.07, 6.45) is 2.18. The molecule has 2 N–H and O–H groups in total. The van der Waals surface area contributed by atoms with Gasteiger partial charge in [-0.3, -0.25) is 4.79 Å². The lowest BCUT2D eigenvalue weighted by molar-refractivity contribution is 0.102. The largest absolute Gasteiger partial charge is 0.396 e. The van der Waals surface area contributed by atoms with Crippen molar-refractivity contribution in [2.75, 3.05) is 11.9 Å². The van der Waals surface area contributed by atoms with Gasteiger partial charge >= 0.3 is 0 Å². The summed E-state index contributed by atoms with van der Waals surface area (Å²) in [5.74, 6) is -0.262. The van der Waals surface area contributed by atoms with Crippen LogP contribution in [0.3, 0.4) is 0 Å². The van der Waals surface area contributed by atoms with Crippen molar-refractivity contribution in [3.63, 3.8) is 0 Å². The van der Waals surface area contributed by atoms with E-state index in [0.29, 0.717) is 22.3 Å². The average Bonchev–Trinajstić information content (AvgIpc) is 2.42. The molecule has 2 aromatic rings. The fourth-order valence-corrected chi connectivity index (χ4v) is 2.06. The normalized spacial score (nSPS) is 10.2. The number of aliphatic hydroxyl groups is 1. The van der Waals surface area contributed by atoms with Gasteiger partial charge in [0.05, 0.1) is 0 Å². The third-order valence-corrected chi connectivity index (χ3v) is 3.23. The number of hydrogen-bond donors (Lipinski definition) is 2. The van der Waals surface area contributed by atoms with E-state index in [0.717, 1.165) is 5.56 Å². The van der Waals surface area contributed by atoms with E-state index < -0.39 is 0 Å². The fourth-order valence-electron chi connectivity index (χ4n) is 1.63. The predicted octanol–water partition coefficient (Wildman–Crippen LogP) is 2.63. The molecule has 2 rings (SSSR count). The van der Waals surface area contributed by atoms with Crippen LogP contribution in [0.15, 0.2) is 47.1 Å². The van der Waals surface area contributed by atoms with Gasteiger partial charge in [-0.2, -0.15) is 0 Å².